The zero-order valence-electron chi connectivity index (χ0n) is 12.5. The molecule has 6 rings (SSSR count). The summed E-state index contributed by atoms with van der Waals surface area (Å²) in [5.74, 6) is 0. The SMILES string of the molecule is [Li+].[c-]1ccc2ccc3oc4cccc5ccc6oc1c2c3-c6c54. The Hall–Kier alpha value is -2.40. The van der Waals surface area contributed by atoms with Gasteiger partial charge < -0.3 is 8.83 Å². The van der Waals surface area contributed by atoms with Gasteiger partial charge in [-0.2, -0.15) is 12.1 Å². The van der Waals surface area contributed by atoms with Gasteiger partial charge in [0.25, 0.3) is 0 Å². The van der Waals surface area contributed by atoms with Gasteiger partial charge in [-0.25, -0.2) is 0 Å². The number of hydrogen-bond donors (Lipinski definition) is 0. The van der Waals surface area contributed by atoms with Gasteiger partial charge in [0.2, 0.25) is 0 Å². The van der Waals surface area contributed by atoms with Gasteiger partial charge in [0.05, 0.1) is 0 Å². The number of rotatable bonds is 0. The molecule has 0 aliphatic carbocycles. The molecule has 0 saturated heterocycles. The van der Waals surface area contributed by atoms with Crippen molar-refractivity contribution in [1.29, 1.82) is 0 Å². The third-order valence-corrected chi connectivity index (χ3v) is 4.55. The van der Waals surface area contributed by atoms with Crippen molar-refractivity contribution in [2.24, 2.45) is 0 Å². The normalized spacial score (nSPS) is 12.0. The largest absolute Gasteiger partial charge is 1.00 e. The first kappa shape index (κ1) is 13.1. The van der Waals surface area contributed by atoms with E-state index in [0.717, 1.165) is 49.6 Å². The van der Waals surface area contributed by atoms with Crippen LogP contribution < -0.4 is 18.9 Å². The molecule has 0 atom stereocenters. The van der Waals surface area contributed by atoms with Crippen LogP contribution in [0.1, 0.15) is 0 Å². The van der Waals surface area contributed by atoms with Gasteiger partial charge in [-0.3, -0.25) is 0 Å². The molecular formula is C20H9LiO2. The fraction of sp³-hybridized carbons (Fsp3) is 0. The molecule has 102 valence electrons. The van der Waals surface area contributed by atoms with Crippen LogP contribution in [0, 0.1) is 6.07 Å². The van der Waals surface area contributed by atoms with E-state index in [1.54, 1.807) is 0 Å². The van der Waals surface area contributed by atoms with Gasteiger partial charge in [0, 0.05) is 16.5 Å². The van der Waals surface area contributed by atoms with E-state index < -0.39 is 0 Å². The average molecular weight is 288 g/mol. The van der Waals surface area contributed by atoms with Crippen molar-refractivity contribution in [3.05, 3.63) is 60.7 Å². The predicted octanol–water partition coefficient (Wildman–Crippen LogP) is 2.83. The first-order chi connectivity index (χ1) is 10.9. The van der Waals surface area contributed by atoms with Crippen LogP contribution in [0.3, 0.4) is 0 Å². The van der Waals surface area contributed by atoms with E-state index in [4.69, 9.17) is 8.83 Å². The van der Waals surface area contributed by atoms with Crippen LogP contribution in [0.25, 0.3) is 55.0 Å². The van der Waals surface area contributed by atoms with E-state index in [1.165, 1.54) is 5.39 Å². The van der Waals surface area contributed by atoms with Gasteiger partial charge in [-0.1, -0.05) is 29.7 Å². The van der Waals surface area contributed by atoms with Crippen molar-refractivity contribution in [3.8, 4) is 11.1 Å². The van der Waals surface area contributed by atoms with Crippen molar-refractivity contribution in [3.63, 3.8) is 0 Å². The summed E-state index contributed by atoms with van der Waals surface area (Å²) < 4.78 is 12.3. The summed E-state index contributed by atoms with van der Waals surface area (Å²) in [6.45, 7) is 0. The second-order valence-corrected chi connectivity index (χ2v) is 5.71. The van der Waals surface area contributed by atoms with Crippen molar-refractivity contribution in [2.75, 3.05) is 0 Å². The minimum atomic E-state index is 0. The smallest absolute Gasteiger partial charge is 0.482 e. The fourth-order valence-electron chi connectivity index (χ4n) is 3.65. The van der Waals surface area contributed by atoms with Crippen LogP contribution in [-0.4, -0.2) is 0 Å². The molecule has 4 aromatic carbocycles. The molecule has 2 heterocycles. The van der Waals surface area contributed by atoms with Crippen LogP contribution >= 0.6 is 0 Å². The van der Waals surface area contributed by atoms with Crippen molar-refractivity contribution in [2.45, 2.75) is 0 Å². The number of benzene rings is 4. The van der Waals surface area contributed by atoms with E-state index in [2.05, 4.69) is 30.3 Å². The summed E-state index contributed by atoms with van der Waals surface area (Å²) >= 11 is 0. The van der Waals surface area contributed by atoms with Crippen LogP contribution in [0.15, 0.2) is 63.4 Å². The van der Waals surface area contributed by atoms with Crippen LogP contribution in [0.5, 0.6) is 0 Å². The average Bonchev–Trinajstić information content (AvgIpc) is 2.57. The van der Waals surface area contributed by atoms with Crippen molar-refractivity contribution < 1.29 is 27.7 Å². The van der Waals surface area contributed by atoms with Crippen molar-refractivity contribution in [1.82, 2.24) is 0 Å². The molecule has 2 nitrogen and oxygen atoms in total. The van der Waals surface area contributed by atoms with Gasteiger partial charge >= 0.3 is 18.9 Å². The van der Waals surface area contributed by atoms with E-state index in [0.29, 0.717) is 0 Å². The summed E-state index contributed by atoms with van der Waals surface area (Å²) in [4.78, 5) is 0. The topological polar surface area (TPSA) is 26.3 Å². The molecule has 4 aromatic rings. The Bertz CT molecular complexity index is 1170. The minimum Gasteiger partial charge on any atom is -0.482 e. The predicted molar refractivity (Wildman–Crippen MR) is 87.6 cm³/mol. The molecule has 2 aliphatic heterocycles. The molecular weight excluding hydrogens is 279 g/mol. The van der Waals surface area contributed by atoms with Crippen molar-refractivity contribution >= 4 is 43.9 Å². The Balaban J connectivity index is 0.00000121. The first-order valence-electron chi connectivity index (χ1n) is 7.29. The third kappa shape index (κ3) is 1.50. The van der Waals surface area contributed by atoms with Gasteiger partial charge in [0.15, 0.2) is 0 Å². The van der Waals surface area contributed by atoms with Gasteiger partial charge in [0.1, 0.15) is 16.7 Å². The molecule has 0 fully saturated rings. The summed E-state index contributed by atoms with van der Waals surface area (Å²) in [6, 6.07) is 21.6. The second kappa shape index (κ2) is 4.32. The molecule has 0 spiro atoms. The molecule has 0 amide bonds. The molecule has 2 aliphatic rings. The maximum absolute atomic E-state index is 6.17. The Labute approximate surface area is 143 Å². The van der Waals surface area contributed by atoms with Gasteiger partial charge in [-0.05, 0) is 29.1 Å². The molecule has 3 heteroatoms. The second-order valence-electron chi connectivity index (χ2n) is 5.71. The quantitative estimate of drug-likeness (QED) is 0.186. The Morgan fingerprint density at radius 1 is 0.652 bits per heavy atom. The molecule has 0 radical (unpaired) electrons. The van der Waals surface area contributed by atoms with E-state index in [9.17, 15) is 0 Å². The zero-order valence-corrected chi connectivity index (χ0v) is 12.5. The van der Waals surface area contributed by atoms with Crippen LogP contribution in [0.4, 0.5) is 0 Å². The van der Waals surface area contributed by atoms with E-state index in [1.807, 2.05) is 30.3 Å². The molecule has 23 heavy (non-hydrogen) atoms. The Morgan fingerprint density at radius 2 is 1.39 bits per heavy atom. The third-order valence-electron chi connectivity index (χ3n) is 4.55. The Kier molecular flexibility index (Phi) is 2.46. The van der Waals surface area contributed by atoms with Gasteiger partial charge in [-0.15, -0.1) is 11.5 Å². The maximum Gasteiger partial charge on any atom is 1.00 e. The molecule has 0 unspecified atom stereocenters. The molecule has 0 saturated carbocycles. The van der Waals surface area contributed by atoms with Crippen LogP contribution in [-0.2, 0) is 0 Å². The first-order valence-corrected chi connectivity index (χ1v) is 7.29. The minimum absolute atomic E-state index is 0. The standard InChI is InChI=1S/C20H9O2.Li/c1-3-11-7-9-16-19-17(11)13(5-1)21-15-10-8-12-4-2-6-14(22-16)18(12)20(15)19;/h1-5,7-10H;/q-1;+1. The summed E-state index contributed by atoms with van der Waals surface area (Å²) in [5.41, 5.74) is 5.73. The summed E-state index contributed by atoms with van der Waals surface area (Å²) in [7, 11) is 0. The van der Waals surface area contributed by atoms with E-state index >= 15 is 0 Å². The maximum atomic E-state index is 6.17. The summed E-state index contributed by atoms with van der Waals surface area (Å²) in [6.07, 6.45) is 0. The van der Waals surface area contributed by atoms with E-state index in [-0.39, 0.29) is 18.9 Å². The number of hydrogen-bond acceptors (Lipinski definition) is 2. The Morgan fingerprint density at radius 3 is 2.26 bits per heavy atom. The van der Waals surface area contributed by atoms with Crippen LogP contribution in [0.2, 0.25) is 0 Å². The fourth-order valence-corrected chi connectivity index (χ4v) is 3.65. The molecule has 0 bridgehead atoms. The molecule has 0 aromatic heterocycles. The monoisotopic (exact) mass is 288 g/mol. The zero-order chi connectivity index (χ0) is 14.3. The summed E-state index contributed by atoms with van der Waals surface area (Å²) in [5, 5.41) is 4.55. The molecule has 0 N–H and O–H groups in total.